The van der Waals surface area contributed by atoms with Gasteiger partial charge in [-0.3, -0.25) is 9.89 Å². The van der Waals surface area contributed by atoms with E-state index >= 15 is 0 Å². The first-order chi connectivity index (χ1) is 7.96. The Morgan fingerprint density at radius 1 is 1.24 bits per heavy atom. The number of nitrogens with zero attached hydrogens (tertiary/aromatic N) is 1. The van der Waals surface area contributed by atoms with E-state index in [-0.39, 0.29) is 17.0 Å². The van der Waals surface area contributed by atoms with Crippen LogP contribution in [0.3, 0.4) is 0 Å². The third kappa shape index (κ3) is 2.68. The van der Waals surface area contributed by atoms with Gasteiger partial charge in [0.1, 0.15) is 5.75 Å². The summed E-state index contributed by atoms with van der Waals surface area (Å²) in [7, 11) is 0. The van der Waals surface area contributed by atoms with Crippen molar-refractivity contribution in [3.05, 3.63) is 46.9 Å². The molecular weight excluding hydrogens is 237 g/mol. The highest BCUT2D eigenvalue weighted by Crippen LogP contribution is 2.23. The van der Waals surface area contributed by atoms with Crippen LogP contribution in [0.4, 0.5) is 13.2 Å². The predicted molar refractivity (Wildman–Crippen MR) is 53.1 cm³/mol. The van der Waals surface area contributed by atoms with E-state index in [2.05, 4.69) is 9.84 Å². The summed E-state index contributed by atoms with van der Waals surface area (Å²) >= 11 is 0. The first-order valence-electron chi connectivity index (χ1n) is 4.58. The van der Waals surface area contributed by atoms with Crippen LogP contribution in [0.15, 0.2) is 41.3 Å². The molecule has 0 radical (unpaired) electrons. The van der Waals surface area contributed by atoms with E-state index in [0.29, 0.717) is 0 Å². The van der Waals surface area contributed by atoms with Crippen LogP contribution < -0.4 is 10.3 Å². The standard InChI is InChI=1S/C10H7F3N2O2/c11-10(12,13)17-8-3-1-2-7(6-8)15-9(16)4-5-14-15/h1-6,14H. The molecule has 2 rings (SSSR count). The van der Waals surface area contributed by atoms with Crippen LogP contribution in [0.1, 0.15) is 0 Å². The molecule has 0 aliphatic carbocycles. The summed E-state index contributed by atoms with van der Waals surface area (Å²) in [6.07, 6.45) is -3.36. The maximum absolute atomic E-state index is 12.0. The van der Waals surface area contributed by atoms with Crippen molar-refractivity contribution in [2.45, 2.75) is 6.36 Å². The first-order valence-corrected chi connectivity index (χ1v) is 4.58. The smallest absolute Gasteiger partial charge is 0.406 e. The molecular formula is C10H7F3N2O2. The summed E-state index contributed by atoms with van der Waals surface area (Å²) < 4.78 is 40.8. The highest BCUT2D eigenvalue weighted by atomic mass is 19.4. The van der Waals surface area contributed by atoms with Gasteiger partial charge in [-0.05, 0) is 12.1 Å². The fourth-order valence-electron chi connectivity index (χ4n) is 1.34. The number of benzene rings is 1. The van der Waals surface area contributed by atoms with E-state index in [1.807, 2.05) is 0 Å². The molecule has 1 aromatic carbocycles. The van der Waals surface area contributed by atoms with Crippen LogP contribution in [0.5, 0.6) is 5.75 Å². The quantitative estimate of drug-likeness (QED) is 0.878. The SMILES string of the molecule is O=c1cc[nH]n1-c1cccc(OC(F)(F)F)c1. The molecule has 0 fully saturated rings. The topological polar surface area (TPSA) is 47.0 Å². The monoisotopic (exact) mass is 244 g/mol. The maximum Gasteiger partial charge on any atom is 0.573 e. The van der Waals surface area contributed by atoms with Gasteiger partial charge < -0.3 is 4.74 Å². The average molecular weight is 244 g/mol. The van der Waals surface area contributed by atoms with Crippen LogP contribution in [-0.2, 0) is 0 Å². The van der Waals surface area contributed by atoms with Gasteiger partial charge in [-0.25, -0.2) is 4.68 Å². The number of hydrogen-bond acceptors (Lipinski definition) is 2. The lowest BCUT2D eigenvalue weighted by Crippen LogP contribution is -2.18. The summed E-state index contributed by atoms with van der Waals surface area (Å²) in [5, 5.41) is 2.58. The van der Waals surface area contributed by atoms with Crippen molar-refractivity contribution in [3.8, 4) is 11.4 Å². The lowest BCUT2D eigenvalue weighted by molar-refractivity contribution is -0.274. The van der Waals surface area contributed by atoms with Crippen molar-refractivity contribution in [2.75, 3.05) is 0 Å². The zero-order valence-corrected chi connectivity index (χ0v) is 8.36. The van der Waals surface area contributed by atoms with Crippen LogP contribution in [0, 0.1) is 0 Å². The summed E-state index contributed by atoms with van der Waals surface area (Å²) in [5.41, 5.74) is -0.101. The molecule has 1 aromatic heterocycles. The number of aromatic amines is 1. The number of hydrogen-bond donors (Lipinski definition) is 1. The maximum atomic E-state index is 12.0. The molecule has 0 unspecified atom stereocenters. The van der Waals surface area contributed by atoms with Gasteiger partial charge >= 0.3 is 6.36 Å². The van der Waals surface area contributed by atoms with Crippen LogP contribution in [-0.4, -0.2) is 16.1 Å². The fraction of sp³-hybridized carbons (Fsp3) is 0.100. The van der Waals surface area contributed by atoms with E-state index in [1.165, 1.54) is 24.4 Å². The van der Waals surface area contributed by atoms with Crippen LogP contribution in [0.2, 0.25) is 0 Å². The van der Waals surface area contributed by atoms with Gasteiger partial charge in [-0.1, -0.05) is 6.07 Å². The molecule has 7 heteroatoms. The second kappa shape index (κ2) is 4.00. The first kappa shape index (κ1) is 11.3. The van der Waals surface area contributed by atoms with Gasteiger partial charge in [0.2, 0.25) is 0 Å². The summed E-state index contributed by atoms with van der Waals surface area (Å²) in [6.45, 7) is 0. The lowest BCUT2D eigenvalue weighted by Gasteiger charge is -2.09. The van der Waals surface area contributed by atoms with Crippen molar-refractivity contribution in [3.63, 3.8) is 0 Å². The molecule has 0 aliphatic heterocycles. The predicted octanol–water partition coefficient (Wildman–Crippen LogP) is 2.06. The van der Waals surface area contributed by atoms with E-state index in [0.717, 1.165) is 16.8 Å². The number of alkyl halides is 3. The highest BCUT2D eigenvalue weighted by Gasteiger charge is 2.31. The van der Waals surface area contributed by atoms with Crippen LogP contribution in [0.25, 0.3) is 5.69 Å². The number of H-pyrrole nitrogens is 1. The number of nitrogens with one attached hydrogen (secondary N) is 1. The zero-order chi connectivity index (χ0) is 12.5. The molecule has 0 amide bonds. The molecule has 1 heterocycles. The second-order valence-electron chi connectivity index (χ2n) is 3.18. The normalized spacial score (nSPS) is 11.5. The minimum Gasteiger partial charge on any atom is -0.406 e. The summed E-state index contributed by atoms with van der Waals surface area (Å²) in [5.74, 6) is -0.378. The Morgan fingerprint density at radius 2 is 2.00 bits per heavy atom. The van der Waals surface area contributed by atoms with Gasteiger partial charge in [-0.2, -0.15) is 0 Å². The van der Waals surface area contributed by atoms with Gasteiger partial charge in [0.25, 0.3) is 5.56 Å². The zero-order valence-electron chi connectivity index (χ0n) is 8.36. The van der Waals surface area contributed by atoms with Crippen molar-refractivity contribution < 1.29 is 17.9 Å². The third-order valence-electron chi connectivity index (χ3n) is 1.96. The summed E-state index contributed by atoms with van der Waals surface area (Å²) in [6, 6.07) is 6.39. The Kier molecular flexibility index (Phi) is 2.66. The Balaban J connectivity index is 2.36. The molecule has 0 atom stereocenters. The Hall–Kier alpha value is -2.18. The fourth-order valence-corrected chi connectivity index (χ4v) is 1.34. The minimum atomic E-state index is -4.75. The lowest BCUT2D eigenvalue weighted by atomic mass is 10.3. The van der Waals surface area contributed by atoms with Gasteiger partial charge in [-0.15, -0.1) is 13.2 Å². The second-order valence-corrected chi connectivity index (χ2v) is 3.18. The molecule has 0 aliphatic rings. The highest BCUT2D eigenvalue weighted by molar-refractivity contribution is 5.38. The van der Waals surface area contributed by atoms with Crippen LogP contribution >= 0.6 is 0 Å². The molecule has 1 N–H and O–H groups in total. The minimum absolute atomic E-state index is 0.266. The van der Waals surface area contributed by atoms with E-state index in [9.17, 15) is 18.0 Å². The molecule has 17 heavy (non-hydrogen) atoms. The largest absolute Gasteiger partial charge is 0.573 e. The Morgan fingerprint density at radius 3 is 2.59 bits per heavy atom. The van der Waals surface area contributed by atoms with Crippen molar-refractivity contribution >= 4 is 0 Å². The molecule has 0 bridgehead atoms. The van der Waals surface area contributed by atoms with E-state index in [1.54, 1.807) is 0 Å². The number of ether oxygens (including phenoxy) is 1. The van der Waals surface area contributed by atoms with Gasteiger partial charge in [0, 0.05) is 18.3 Å². The molecule has 0 saturated carbocycles. The average Bonchev–Trinajstić information content (AvgIpc) is 2.62. The third-order valence-corrected chi connectivity index (χ3v) is 1.96. The molecule has 4 nitrogen and oxygen atoms in total. The van der Waals surface area contributed by atoms with Crippen molar-refractivity contribution in [1.82, 2.24) is 9.78 Å². The Bertz CT molecular complexity index is 571. The van der Waals surface area contributed by atoms with Crippen molar-refractivity contribution in [2.24, 2.45) is 0 Å². The Labute approximate surface area is 93.2 Å². The molecule has 2 aromatic rings. The number of rotatable bonds is 2. The molecule has 0 spiro atoms. The van der Waals surface area contributed by atoms with Gasteiger partial charge in [0.15, 0.2) is 0 Å². The van der Waals surface area contributed by atoms with E-state index < -0.39 is 6.36 Å². The molecule has 0 saturated heterocycles. The number of halogens is 3. The van der Waals surface area contributed by atoms with E-state index in [4.69, 9.17) is 0 Å². The molecule has 90 valence electrons. The number of aromatic nitrogens is 2. The van der Waals surface area contributed by atoms with Gasteiger partial charge in [0.05, 0.1) is 5.69 Å². The summed E-state index contributed by atoms with van der Waals surface area (Å²) in [4.78, 5) is 11.3. The van der Waals surface area contributed by atoms with Crippen molar-refractivity contribution in [1.29, 1.82) is 0 Å².